The van der Waals surface area contributed by atoms with Crippen LogP contribution in [0.1, 0.15) is 31.6 Å². The quantitative estimate of drug-likeness (QED) is 0.796. The molecule has 8 heteroatoms. The molecule has 27 heavy (non-hydrogen) atoms. The summed E-state index contributed by atoms with van der Waals surface area (Å²) < 4.78 is 10.6. The number of methoxy groups -OCH3 is 1. The van der Waals surface area contributed by atoms with E-state index in [4.69, 9.17) is 9.26 Å². The minimum atomic E-state index is -0.0211. The van der Waals surface area contributed by atoms with Gasteiger partial charge in [-0.15, -0.1) is 0 Å². The number of aryl methyl sites for hydroxylation is 1. The first-order valence-corrected chi connectivity index (χ1v) is 9.06. The zero-order valence-corrected chi connectivity index (χ0v) is 15.6. The first-order valence-electron chi connectivity index (χ1n) is 9.06. The summed E-state index contributed by atoms with van der Waals surface area (Å²) in [6.45, 7) is 0.566. The van der Waals surface area contributed by atoms with E-state index in [1.807, 2.05) is 24.3 Å². The lowest BCUT2D eigenvalue weighted by Gasteiger charge is -2.30. The van der Waals surface area contributed by atoms with Crippen LogP contribution in [-0.2, 0) is 16.0 Å². The van der Waals surface area contributed by atoms with Crippen LogP contribution in [0.2, 0.25) is 0 Å². The van der Waals surface area contributed by atoms with E-state index in [0.717, 1.165) is 5.56 Å². The molecule has 1 atom stereocenters. The smallest absolute Gasteiger partial charge is 0.226 e. The molecule has 0 spiro atoms. The lowest BCUT2D eigenvalue weighted by Crippen LogP contribution is -2.48. The summed E-state index contributed by atoms with van der Waals surface area (Å²) in [5.74, 6) is 1.75. The van der Waals surface area contributed by atoms with E-state index >= 15 is 0 Å². The van der Waals surface area contributed by atoms with Gasteiger partial charge in [0.1, 0.15) is 5.75 Å². The van der Waals surface area contributed by atoms with Gasteiger partial charge in [-0.3, -0.25) is 9.59 Å². The minimum Gasteiger partial charge on any atom is -0.496 e. The maximum absolute atomic E-state index is 12.1. The van der Waals surface area contributed by atoms with E-state index in [-0.39, 0.29) is 17.9 Å². The number of ether oxygens (including phenoxy) is 1. The Morgan fingerprint density at radius 1 is 1.41 bits per heavy atom. The average molecular weight is 372 g/mol. The van der Waals surface area contributed by atoms with Crippen LogP contribution in [0.25, 0.3) is 11.4 Å². The van der Waals surface area contributed by atoms with Crippen molar-refractivity contribution in [3.8, 4) is 17.1 Å². The van der Waals surface area contributed by atoms with E-state index in [0.29, 0.717) is 56.1 Å². The Kier molecular flexibility index (Phi) is 6.05. The highest BCUT2D eigenvalue weighted by atomic mass is 16.5. The van der Waals surface area contributed by atoms with Gasteiger partial charge in [0.15, 0.2) is 0 Å². The van der Waals surface area contributed by atoms with Gasteiger partial charge in [0.2, 0.25) is 23.5 Å². The number of nitrogens with one attached hydrogen (secondary N) is 1. The number of para-hydroxylation sites is 1. The number of piperidine rings is 1. The van der Waals surface area contributed by atoms with Crippen molar-refractivity contribution < 1.29 is 18.8 Å². The molecule has 1 aromatic carbocycles. The normalized spacial score (nSPS) is 17.0. The van der Waals surface area contributed by atoms with Crippen LogP contribution in [0.15, 0.2) is 28.8 Å². The van der Waals surface area contributed by atoms with Crippen LogP contribution in [0.4, 0.5) is 0 Å². The molecule has 0 unspecified atom stereocenters. The molecule has 3 rings (SSSR count). The third-order valence-corrected chi connectivity index (χ3v) is 4.60. The summed E-state index contributed by atoms with van der Waals surface area (Å²) in [6.07, 6.45) is 2.69. The fourth-order valence-electron chi connectivity index (χ4n) is 3.13. The molecule has 2 aromatic rings. The molecule has 0 radical (unpaired) electrons. The molecule has 144 valence electrons. The van der Waals surface area contributed by atoms with Gasteiger partial charge in [-0.2, -0.15) is 4.98 Å². The molecule has 1 N–H and O–H groups in total. The Morgan fingerprint density at radius 2 is 2.22 bits per heavy atom. The molecule has 0 saturated carbocycles. The van der Waals surface area contributed by atoms with Gasteiger partial charge in [-0.1, -0.05) is 17.3 Å². The first kappa shape index (κ1) is 18.9. The van der Waals surface area contributed by atoms with Crippen LogP contribution in [0, 0.1) is 0 Å². The second-order valence-corrected chi connectivity index (χ2v) is 6.64. The monoisotopic (exact) mass is 372 g/mol. The Morgan fingerprint density at radius 3 is 3.00 bits per heavy atom. The number of likely N-dealkylation sites (N-methyl/N-ethyl adjacent to an activating group) is 1. The van der Waals surface area contributed by atoms with Crippen LogP contribution in [-0.4, -0.2) is 53.6 Å². The number of nitrogens with zero attached hydrogens (tertiary/aromatic N) is 3. The topological polar surface area (TPSA) is 97.6 Å². The average Bonchev–Trinajstić information content (AvgIpc) is 3.13. The fourth-order valence-corrected chi connectivity index (χ4v) is 3.13. The molecule has 2 amide bonds. The maximum Gasteiger partial charge on any atom is 0.226 e. The van der Waals surface area contributed by atoms with E-state index in [1.54, 1.807) is 19.1 Å². The van der Waals surface area contributed by atoms with E-state index in [9.17, 15) is 9.59 Å². The second kappa shape index (κ2) is 8.66. The number of benzene rings is 1. The van der Waals surface area contributed by atoms with Crippen molar-refractivity contribution in [3.63, 3.8) is 0 Å². The van der Waals surface area contributed by atoms with Gasteiger partial charge in [-0.25, -0.2) is 0 Å². The van der Waals surface area contributed by atoms with Gasteiger partial charge in [0.25, 0.3) is 0 Å². The largest absolute Gasteiger partial charge is 0.496 e. The van der Waals surface area contributed by atoms with Crippen LogP contribution < -0.4 is 10.1 Å². The third kappa shape index (κ3) is 4.84. The first-order chi connectivity index (χ1) is 13.1. The van der Waals surface area contributed by atoms with Crippen LogP contribution >= 0.6 is 0 Å². The van der Waals surface area contributed by atoms with Gasteiger partial charge in [0.05, 0.1) is 12.7 Å². The summed E-state index contributed by atoms with van der Waals surface area (Å²) in [5.41, 5.74) is 0.767. The number of carbonyl (C=O) groups excluding carboxylic acids is 2. The Bertz CT molecular complexity index is 805. The molecule has 0 bridgehead atoms. The highest BCUT2D eigenvalue weighted by Gasteiger charge is 2.23. The Labute approximate surface area is 157 Å². The lowest BCUT2D eigenvalue weighted by atomic mass is 10.1. The SMILES string of the molecule is COc1ccccc1-c1noc(CCCC(=O)N[C@@H]2CCC(=O)N(C)C2)n1. The Hall–Kier alpha value is -2.90. The van der Waals surface area contributed by atoms with Gasteiger partial charge in [-0.05, 0) is 25.0 Å². The zero-order valence-electron chi connectivity index (χ0n) is 15.6. The van der Waals surface area contributed by atoms with Gasteiger partial charge >= 0.3 is 0 Å². The predicted molar refractivity (Wildman–Crippen MR) is 98.0 cm³/mol. The number of aromatic nitrogens is 2. The second-order valence-electron chi connectivity index (χ2n) is 6.64. The van der Waals surface area contributed by atoms with E-state index < -0.39 is 0 Å². The highest BCUT2D eigenvalue weighted by molar-refractivity contribution is 5.79. The number of carbonyl (C=O) groups is 2. The number of amides is 2. The number of hydrogen-bond donors (Lipinski definition) is 1. The number of hydrogen-bond acceptors (Lipinski definition) is 6. The predicted octanol–water partition coefficient (Wildman–Crippen LogP) is 1.80. The number of likely N-dealkylation sites (tertiary alicyclic amines) is 1. The summed E-state index contributed by atoms with van der Waals surface area (Å²) in [7, 11) is 3.36. The van der Waals surface area contributed by atoms with Gasteiger partial charge in [0, 0.05) is 38.9 Å². The molecule has 1 aliphatic rings. The Balaban J connectivity index is 1.46. The van der Waals surface area contributed by atoms with Crippen molar-refractivity contribution in [1.29, 1.82) is 0 Å². The molecular weight excluding hydrogens is 348 g/mol. The molecule has 2 heterocycles. The van der Waals surface area contributed by atoms with E-state index in [1.165, 1.54) is 0 Å². The van der Waals surface area contributed by atoms with Crippen molar-refractivity contribution in [2.24, 2.45) is 0 Å². The zero-order chi connectivity index (χ0) is 19.2. The lowest BCUT2D eigenvalue weighted by molar-refractivity contribution is -0.134. The summed E-state index contributed by atoms with van der Waals surface area (Å²) >= 11 is 0. The molecule has 1 aromatic heterocycles. The van der Waals surface area contributed by atoms with Gasteiger partial charge < -0.3 is 19.5 Å². The van der Waals surface area contributed by atoms with Crippen molar-refractivity contribution in [1.82, 2.24) is 20.4 Å². The molecule has 1 aliphatic heterocycles. The van der Waals surface area contributed by atoms with Crippen LogP contribution in [0.5, 0.6) is 5.75 Å². The van der Waals surface area contributed by atoms with E-state index in [2.05, 4.69) is 15.5 Å². The highest BCUT2D eigenvalue weighted by Crippen LogP contribution is 2.27. The summed E-state index contributed by atoms with van der Waals surface area (Å²) in [4.78, 5) is 29.6. The van der Waals surface area contributed by atoms with Crippen LogP contribution in [0.3, 0.4) is 0 Å². The van der Waals surface area contributed by atoms with Crippen molar-refractivity contribution in [3.05, 3.63) is 30.2 Å². The molecule has 1 saturated heterocycles. The van der Waals surface area contributed by atoms with Crippen molar-refractivity contribution in [2.45, 2.75) is 38.1 Å². The van der Waals surface area contributed by atoms with Crippen molar-refractivity contribution in [2.75, 3.05) is 20.7 Å². The minimum absolute atomic E-state index is 0.0211. The molecule has 1 fully saturated rings. The fraction of sp³-hybridized carbons (Fsp3) is 0.474. The summed E-state index contributed by atoms with van der Waals surface area (Å²) in [5, 5.41) is 6.98. The third-order valence-electron chi connectivity index (χ3n) is 4.60. The number of rotatable bonds is 7. The standard InChI is InChI=1S/C19H24N4O4/c1-23-12-13(10-11-18(23)25)20-16(24)8-5-9-17-21-19(22-27-17)14-6-3-4-7-15(14)26-2/h3-4,6-7,13H,5,8-12H2,1-2H3,(H,20,24)/t13-/m1/s1. The van der Waals surface area contributed by atoms with Crippen molar-refractivity contribution >= 4 is 11.8 Å². The molecular formula is C19H24N4O4. The summed E-state index contributed by atoms with van der Waals surface area (Å²) in [6, 6.07) is 7.50. The molecule has 8 nitrogen and oxygen atoms in total. The molecule has 0 aliphatic carbocycles. The maximum atomic E-state index is 12.1.